The molecule has 0 aromatic heterocycles. The first-order valence-electron chi connectivity index (χ1n) is 7.56. The van der Waals surface area contributed by atoms with E-state index in [4.69, 9.17) is 5.73 Å². The van der Waals surface area contributed by atoms with Crippen molar-refractivity contribution < 1.29 is 9.50 Å². The lowest BCUT2D eigenvalue weighted by Crippen LogP contribution is -2.23. The van der Waals surface area contributed by atoms with E-state index in [1.807, 2.05) is 24.3 Å². The number of hydrogen-bond donors (Lipinski definition) is 3. The smallest absolute Gasteiger partial charge is 0.193 e. The zero-order chi connectivity index (χ0) is 16.8. The maximum Gasteiger partial charge on any atom is 0.193 e. The van der Waals surface area contributed by atoms with Gasteiger partial charge in [-0.25, -0.2) is 4.39 Å². The molecule has 2 aromatic rings. The Morgan fingerprint density at radius 3 is 2.58 bits per heavy atom. The summed E-state index contributed by atoms with van der Waals surface area (Å²) in [6.45, 7) is 4.21. The maximum atomic E-state index is 13.6. The second-order valence-corrected chi connectivity index (χ2v) is 5.67. The number of nitrogens with two attached hydrogens (primary N) is 1. The molecular weight excluding hydrogens is 420 g/mol. The van der Waals surface area contributed by atoms with Crippen LogP contribution in [-0.4, -0.2) is 17.6 Å². The monoisotopic (exact) mass is 443 g/mol. The molecule has 0 aliphatic carbocycles. The molecule has 2 rings (SSSR count). The Morgan fingerprint density at radius 1 is 1.21 bits per heavy atom. The lowest BCUT2D eigenvalue weighted by atomic mass is 10.0. The molecule has 0 fully saturated rings. The molecule has 6 heteroatoms. The van der Waals surface area contributed by atoms with Gasteiger partial charge in [-0.15, -0.1) is 24.0 Å². The third kappa shape index (κ3) is 5.76. The quantitative estimate of drug-likeness (QED) is 0.371. The van der Waals surface area contributed by atoms with Gasteiger partial charge in [-0.2, -0.15) is 0 Å². The molecule has 0 radical (unpaired) electrons. The van der Waals surface area contributed by atoms with Crippen molar-refractivity contribution in [3.05, 3.63) is 65.5 Å². The topological polar surface area (TPSA) is 70.6 Å². The van der Waals surface area contributed by atoms with Gasteiger partial charge >= 0.3 is 0 Å². The molecule has 0 aliphatic heterocycles. The van der Waals surface area contributed by atoms with Crippen LogP contribution in [0.1, 0.15) is 37.0 Å². The molecule has 0 saturated carbocycles. The van der Waals surface area contributed by atoms with E-state index in [0.717, 1.165) is 5.69 Å². The molecule has 0 saturated heterocycles. The summed E-state index contributed by atoms with van der Waals surface area (Å²) in [5.74, 6) is 0.144. The first kappa shape index (κ1) is 20.4. The van der Waals surface area contributed by atoms with Crippen LogP contribution in [0.3, 0.4) is 0 Å². The third-order valence-corrected chi connectivity index (χ3v) is 3.52. The molecule has 130 valence electrons. The van der Waals surface area contributed by atoms with Gasteiger partial charge in [0.1, 0.15) is 11.9 Å². The van der Waals surface area contributed by atoms with Crippen LogP contribution in [-0.2, 0) is 0 Å². The first-order chi connectivity index (χ1) is 11.0. The highest BCUT2D eigenvalue weighted by molar-refractivity contribution is 14.0. The fourth-order valence-corrected chi connectivity index (χ4v) is 2.19. The molecule has 0 spiro atoms. The molecule has 0 aliphatic rings. The molecule has 24 heavy (non-hydrogen) atoms. The summed E-state index contributed by atoms with van der Waals surface area (Å²) in [7, 11) is 0. The zero-order valence-corrected chi connectivity index (χ0v) is 16.1. The molecule has 4 N–H and O–H groups in total. The SMILES string of the molecule is CC(C)c1cccc(NC(N)=NCC(O)c2ccccc2F)c1.I. The van der Waals surface area contributed by atoms with E-state index < -0.39 is 11.9 Å². The minimum absolute atomic E-state index is 0. The van der Waals surface area contributed by atoms with Crippen LogP contribution in [0.15, 0.2) is 53.5 Å². The summed E-state index contributed by atoms with van der Waals surface area (Å²) in [6, 6.07) is 14.0. The molecule has 0 heterocycles. The molecule has 0 bridgehead atoms. The molecule has 2 aromatic carbocycles. The second-order valence-electron chi connectivity index (χ2n) is 5.67. The standard InChI is InChI=1S/C18H22FN3O.HI/c1-12(2)13-6-5-7-14(10-13)22-18(20)21-11-17(23)15-8-3-4-9-16(15)19;/h3-10,12,17,23H,11H2,1-2H3,(H3,20,21,22);1H. The van der Waals surface area contributed by atoms with Gasteiger partial charge in [0.05, 0.1) is 6.54 Å². The number of nitrogens with zero attached hydrogens (tertiary/aromatic N) is 1. The molecular formula is C18H23FIN3O. The number of aliphatic hydroxyl groups is 1. The lowest BCUT2D eigenvalue weighted by Gasteiger charge is -2.12. The van der Waals surface area contributed by atoms with E-state index in [0.29, 0.717) is 5.92 Å². The molecule has 1 atom stereocenters. The maximum absolute atomic E-state index is 13.6. The summed E-state index contributed by atoms with van der Waals surface area (Å²) in [5.41, 5.74) is 8.06. The predicted molar refractivity (Wildman–Crippen MR) is 107 cm³/mol. The summed E-state index contributed by atoms with van der Waals surface area (Å²) < 4.78 is 13.6. The average molecular weight is 443 g/mol. The van der Waals surface area contributed by atoms with Gasteiger partial charge in [-0.1, -0.05) is 44.2 Å². The number of rotatable bonds is 5. The first-order valence-corrected chi connectivity index (χ1v) is 7.56. The summed E-state index contributed by atoms with van der Waals surface area (Å²) in [5, 5.41) is 13.0. The van der Waals surface area contributed by atoms with Crippen LogP contribution >= 0.6 is 24.0 Å². The second kappa shape index (κ2) is 9.58. The Kier molecular flexibility index (Phi) is 8.14. The highest BCUT2D eigenvalue weighted by atomic mass is 127. The highest BCUT2D eigenvalue weighted by Gasteiger charge is 2.11. The van der Waals surface area contributed by atoms with E-state index in [2.05, 4.69) is 24.2 Å². The number of guanidine groups is 1. The summed E-state index contributed by atoms with van der Waals surface area (Å²) in [4.78, 5) is 4.08. The van der Waals surface area contributed by atoms with Crippen molar-refractivity contribution in [2.45, 2.75) is 25.9 Å². The minimum Gasteiger partial charge on any atom is -0.386 e. The van der Waals surface area contributed by atoms with Gasteiger partial charge in [0.25, 0.3) is 0 Å². The number of benzene rings is 2. The number of anilines is 1. The predicted octanol–water partition coefficient (Wildman–Crippen LogP) is 4.03. The average Bonchev–Trinajstić information content (AvgIpc) is 2.53. The van der Waals surface area contributed by atoms with Gasteiger partial charge in [0, 0.05) is 11.3 Å². The Balaban J connectivity index is 0.00000288. The number of aliphatic imine (C=N–C) groups is 1. The van der Waals surface area contributed by atoms with Gasteiger partial charge in [0.15, 0.2) is 5.96 Å². The van der Waals surface area contributed by atoms with E-state index in [9.17, 15) is 9.50 Å². The van der Waals surface area contributed by atoms with Gasteiger partial charge < -0.3 is 16.2 Å². The van der Waals surface area contributed by atoms with Crippen LogP contribution in [0.25, 0.3) is 0 Å². The fraction of sp³-hybridized carbons (Fsp3) is 0.278. The fourth-order valence-electron chi connectivity index (χ4n) is 2.19. The normalized spacial score (nSPS) is 12.6. The van der Waals surface area contributed by atoms with Crippen molar-refractivity contribution in [2.75, 3.05) is 11.9 Å². The van der Waals surface area contributed by atoms with Crippen molar-refractivity contribution in [3.8, 4) is 0 Å². The highest BCUT2D eigenvalue weighted by Crippen LogP contribution is 2.19. The Labute approximate surface area is 159 Å². The largest absolute Gasteiger partial charge is 0.386 e. The Morgan fingerprint density at radius 2 is 1.92 bits per heavy atom. The van der Waals surface area contributed by atoms with Gasteiger partial charge in [-0.05, 0) is 29.7 Å². The van der Waals surface area contributed by atoms with Crippen LogP contribution in [0.4, 0.5) is 10.1 Å². The summed E-state index contributed by atoms with van der Waals surface area (Å²) in [6.07, 6.45) is -1.03. The van der Waals surface area contributed by atoms with Gasteiger partial charge in [-0.3, -0.25) is 4.99 Å². The Hall–Kier alpha value is -1.67. The van der Waals surface area contributed by atoms with Crippen LogP contribution in [0, 0.1) is 5.82 Å². The van der Waals surface area contributed by atoms with Crippen molar-refractivity contribution in [3.63, 3.8) is 0 Å². The van der Waals surface area contributed by atoms with Crippen LogP contribution in [0.5, 0.6) is 0 Å². The summed E-state index contributed by atoms with van der Waals surface area (Å²) >= 11 is 0. The van der Waals surface area contributed by atoms with Crippen LogP contribution < -0.4 is 11.1 Å². The van der Waals surface area contributed by atoms with Crippen LogP contribution in [0.2, 0.25) is 0 Å². The van der Waals surface area contributed by atoms with E-state index in [-0.39, 0.29) is 42.0 Å². The number of halogens is 2. The van der Waals surface area contributed by atoms with E-state index in [1.54, 1.807) is 12.1 Å². The van der Waals surface area contributed by atoms with Crippen molar-refractivity contribution in [1.29, 1.82) is 0 Å². The van der Waals surface area contributed by atoms with Crippen molar-refractivity contribution in [1.82, 2.24) is 0 Å². The van der Waals surface area contributed by atoms with Crippen molar-refractivity contribution in [2.24, 2.45) is 10.7 Å². The molecule has 0 amide bonds. The van der Waals surface area contributed by atoms with Gasteiger partial charge in [0.2, 0.25) is 0 Å². The Bertz CT molecular complexity index is 691. The number of nitrogens with one attached hydrogen (secondary N) is 1. The molecule has 4 nitrogen and oxygen atoms in total. The van der Waals surface area contributed by atoms with E-state index in [1.165, 1.54) is 17.7 Å². The zero-order valence-electron chi connectivity index (χ0n) is 13.7. The van der Waals surface area contributed by atoms with Crippen molar-refractivity contribution >= 4 is 35.6 Å². The number of aliphatic hydroxyl groups excluding tert-OH is 1. The third-order valence-electron chi connectivity index (χ3n) is 3.52. The lowest BCUT2D eigenvalue weighted by molar-refractivity contribution is 0.182. The molecule has 1 unspecified atom stereocenters. The number of hydrogen-bond acceptors (Lipinski definition) is 2. The van der Waals surface area contributed by atoms with E-state index >= 15 is 0 Å². The minimum atomic E-state index is -1.03.